The van der Waals surface area contributed by atoms with Gasteiger partial charge in [0.15, 0.2) is 0 Å². The summed E-state index contributed by atoms with van der Waals surface area (Å²) in [6, 6.07) is 17.1. The number of carbonyl (C=O) groups excluding carboxylic acids is 3. The first-order valence-electron chi connectivity index (χ1n) is 12.0. The van der Waals surface area contributed by atoms with E-state index in [1.807, 2.05) is 66.4 Å². The zero-order valence-electron chi connectivity index (χ0n) is 19.3. The molecular weight excluding hydrogens is 414 g/mol. The van der Waals surface area contributed by atoms with Crippen molar-refractivity contribution in [2.75, 3.05) is 6.54 Å². The first-order valence-corrected chi connectivity index (χ1v) is 12.0. The molecule has 3 atom stereocenters. The second-order valence-corrected chi connectivity index (χ2v) is 9.70. The molecule has 2 fully saturated rings. The van der Waals surface area contributed by atoms with Gasteiger partial charge in [0.05, 0.1) is 6.04 Å². The van der Waals surface area contributed by atoms with Gasteiger partial charge in [-0.05, 0) is 62.1 Å². The van der Waals surface area contributed by atoms with Crippen molar-refractivity contribution in [2.45, 2.75) is 63.6 Å². The van der Waals surface area contributed by atoms with E-state index in [1.165, 1.54) is 6.42 Å². The number of nitrogens with zero attached hydrogens (tertiary/aromatic N) is 2. The van der Waals surface area contributed by atoms with Gasteiger partial charge in [0.2, 0.25) is 5.91 Å². The molecule has 5 rings (SSSR count). The van der Waals surface area contributed by atoms with Gasteiger partial charge in [0.25, 0.3) is 5.91 Å². The minimum atomic E-state index is -1.04. The van der Waals surface area contributed by atoms with E-state index in [1.54, 1.807) is 0 Å². The zero-order chi connectivity index (χ0) is 23.2. The summed E-state index contributed by atoms with van der Waals surface area (Å²) in [6.45, 7) is 3.90. The Morgan fingerprint density at radius 3 is 2.48 bits per heavy atom. The van der Waals surface area contributed by atoms with Crippen LogP contribution in [0.25, 0.3) is 0 Å². The number of nitrogens with one attached hydrogen (secondary N) is 1. The second-order valence-electron chi connectivity index (χ2n) is 9.70. The molecule has 1 saturated heterocycles. The average molecular weight is 446 g/mol. The summed E-state index contributed by atoms with van der Waals surface area (Å²) in [6.07, 6.45) is 4.67. The number of rotatable bonds is 6. The minimum Gasteiger partial charge on any atom is -0.331 e. The summed E-state index contributed by atoms with van der Waals surface area (Å²) in [5, 5.41) is 2.93. The van der Waals surface area contributed by atoms with Crippen LogP contribution in [0.4, 0.5) is 4.79 Å². The average Bonchev–Trinajstić information content (AvgIpc) is 3.26. The van der Waals surface area contributed by atoms with Crippen LogP contribution in [0.3, 0.4) is 0 Å². The predicted octanol–water partition coefficient (Wildman–Crippen LogP) is 4.16. The Kier molecular flexibility index (Phi) is 5.47. The number of benzene rings is 2. The van der Waals surface area contributed by atoms with Crippen molar-refractivity contribution in [2.24, 2.45) is 5.92 Å². The molecule has 1 saturated carbocycles. The van der Waals surface area contributed by atoms with Crippen LogP contribution in [-0.2, 0) is 21.5 Å². The van der Waals surface area contributed by atoms with E-state index in [9.17, 15) is 14.4 Å². The topological polar surface area (TPSA) is 69.7 Å². The van der Waals surface area contributed by atoms with Crippen LogP contribution < -0.4 is 5.32 Å². The maximum Gasteiger partial charge on any atom is 0.325 e. The minimum absolute atomic E-state index is 0.0448. The van der Waals surface area contributed by atoms with Crippen molar-refractivity contribution in [3.63, 3.8) is 0 Å². The first-order chi connectivity index (χ1) is 15.9. The molecule has 0 aromatic heterocycles. The van der Waals surface area contributed by atoms with Gasteiger partial charge < -0.3 is 10.2 Å². The van der Waals surface area contributed by atoms with E-state index in [4.69, 9.17) is 0 Å². The van der Waals surface area contributed by atoms with Gasteiger partial charge in [-0.15, -0.1) is 0 Å². The first kappa shape index (κ1) is 21.7. The SMILES string of the molecule is C[C@@H](c1ccccc1)N(C(=O)CN1C(=O)N[C@]2(CCc3ccccc32)C1=O)[C@@H](C)C1CCC1. The Labute approximate surface area is 194 Å². The summed E-state index contributed by atoms with van der Waals surface area (Å²) >= 11 is 0. The molecule has 6 nitrogen and oxygen atoms in total. The van der Waals surface area contributed by atoms with Crippen LogP contribution in [0.2, 0.25) is 0 Å². The number of hydrogen-bond acceptors (Lipinski definition) is 3. The van der Waals surface area contributed by atoms with E-state index in [0.29, 0.717) is 12.3 Å². The molecule has 0 bridgehead atoms. The molecule has 6 heteroatoms. The van der Waals surface area contributed by atoms with Crippen molar-refractivity contribution in [1.29, 1.82) is 0 Å². The van der Waals surface area contributed by atoms with Crippen LogP contribution in [0.1, 0.15) is 62.3 Å². The number of hydrogen-bond donors (Lipinski definition) is 1. The summed E-state index contributed by atoms with van der Waals surface area (Å²) in [5.41, 5.74) is 1.95. The fourth-order valence-electron chi connectivity index (χ4n) is 5.79. The molecule has 1 aliphatic heterocycles. The molecule has 1 heterocycles. The third-order valence-electron chi connectivity index (χ3n) is 7.97. The number of amides is 4. The highest BCUT2D eigenvalue weighted by molar-refractivity contribution is 6.10. The van der Waals surface area contributed by atoms with Crippen LogP contribution in [-0.4, -0.2) is 40.2 Å². The number of carbonyl (C=O) groups is 3. The quantitative estimate of drug-likeness (QED) is 0.679. The van der Waals surface area contributed by atoms with Gasteiger partial charge in [-0.1, -0.05) is 61.0 Å². The van der Waals surface area contributed by atoms with Gasteiger partial charge in [0, 0.05) is 6.04 Å². The highest BCUT2D eigenvalue weighted by Gasteiger charge is 2.55. The molecule has 0 unspecified atom stereocenters. The normalized spacial score (nSPS) is 23.8. The molecule has 1 N–H and O–H groups in total. The standard InChI is InChI=1S/C27H31N3O3/c1-18(20-9-4-3-5-10-20)30(19(2)21-12-8-13-21)24(31)17-29-25(32)27(28-26(29)33)16-15-22-11-6-7-14-23(22)27/h3-7,9-11,14,18-19,21H,8,12-13,15-17H2,1-2H3,(H,28,33)/t18-,19-,27-/m0/s1. The number of imide groups is 1. The number of aryl methyl sites for hydroxylation is 1. The molecule has 1 spiro atoms. The molecule has 4 amide bonds. The van der Waals surface area contributed by atoms with Crippen molar-refractivity contribution in [3.05, 3.63) is 71.3 Å². The third kappa shape index (κ3) is 3.52. The van der Waals surface area contributed by atoms with E-state index in [2.05, 4.69) is 12.2 Å². The molecule has 2 aromatic carbocycles. The lowest BCUT2D eigenvalue weighted by molar-refractivity contribution is -0.143. The van der Waals surface area contributed by atoms with Crippen molar-refractivity contribution in [1.82, 2.24) is 15.1 Å². The van der Waals surface area contributed by atoms with Crippen molar-refractivity contribution < 1.29 is 14.4 Å². The molecule has 2 aromatic rings. The maximum absolute atomic E-state index is 13.7. The largest absolute Gasteiger partial charge is 0.331 e. The highest BCUT2D eigenvalue weighted by atomic mass is 16.2. The fourth-order valence-corrected chi connectivity index (χ4v) is 5.79. The van der Waals surface area contributed by atoms with Crippen LogP contribution in [0.5, 0.6) is 0 Å². The van der Waals surface area contributed by atoms with Gasteiger partial charge >= 0.3 is 6.03 Å². The maximum atomic E-state index is 13.7. The molecule has 3 aliphatic rings. The Morgan fingerprint density at radius 1 is 1.09 bits per heavy atom. The summed E-state index contributed by atoms with van der Waals surface area (Å²) in [5.74, 6) is -0.0386. The Hall–Kier alpha value is -3.15. The lowest BCUT2D eigenvalue weighted by Crippen LogP contribution is -2.51. The Bertz CT molecular complexity index is 1080. The summed E-state index contributed by atoms with van der Waals surface area (Å²) in [4.78, 5) is 43.2. The highest BCUT2D eigenvalue weighted by Crippen LogP contribution is 2.41. The Morgan fingerprint density at radius 2 is 1.79 bits per heavy atom. The van der Waals surface area contributed by atoms with Gasteiger partial charge in [-0.3, -0.25) is 14.5 Å². The Balaban J connectivity index is 1.40. The summed E-state index contributed by atoms with van der Waals surface area (Å²) in [7, 11) is 0. The van der Waals surface area contributed by atoms with Crippen molar-refractivity contribution >= 4 is 17.8 Å². The molecule has 33 heavy (non-hydrogen) atoms. The van der Waals surface area contributed by atoms with Crippen LogP contribution in [0, 0.1) is 5.92 Å². The van der Waals surface area contributed by atoms with Crippen LogP contribution >= 0.6 is 0 Å². The number of urea groups is 1. The van der Waals surface area contributed by atoms with E-state index >= 15 is 0 Å². The monoisotopic (exact) mass is 445 g/mol. The smallest absolute Gasteiger partial charge is 0.325 e. The van der Waals surface area contributed by atoms with Crippen molar-refractivity contribution in [3.8, 4) is 0 Å². The van der Waals surface area contributed by atoms with E-state index < -0.39 is 11.6 Å². The zero-order valence-corrected chi connectivity index (χ0v) is 19.3. The van der Waals surface area contributed by atoms with Crippen LogP contribution in [0.15, 0.2) is 54.6 Å². The van der Waals surface area contributed by atoms with E-state index in [-0.39, 0.29) is 30.4 Å². The lowest BCUT2D eigenvalue weighted by atomic mass is 9.79. The van der Waals surface area contributed by atoms with Gasteiger partial charge in [-0.2, -0.15) is 0 Å². The molecule has 172 valence electrons. The molecule has 0 radical (unpaired) electrons. The lowest BCUT2D eigenvalue weighted by Gasteiger charge is -2.43. The van der Waals surface area contributed by atoms with Gasteiger partial charge in [0.1, 0.15) is 12.1 Å². The summed E-state index contributed by atoms with van der Waals surface area (Å²) < 4.78 is 0. The third-order valence-corrected chi connectivity index (χ3v) is 7.97. The van der Waals surface area contributed by atoms with Gasteiger partial charge in [-0.25, -0.2) is 4.79 Å². The predicted molar refractivity (Wildman–Crippen MR) is 125 cm³/mol. The molecular formula is C27H31N3O3. The molecule has 2 aliphatic carbocycles. The van der Waals surface area contributed by atoms with E-state index in [0.717, 1.165) is 40.9 Å². The fraction of sp³-hybridized carbons (Fsp3) is 0.444. The second kappa shape index (κ2) is 8.32. The number of fused-ring (bicyclic) bond motifs is 2.